The van der Waals surface area contributed by atoms with E-state index in [-0.39, 0.29) is 24.0 Å². The first-order valence-corrected chi connectivity index (χ1v) is 7.92. The molecule has 0 amide bonds. The topological polar surface area (TPSA) is 65.2 Å². The maximum atomic E-state index is 12.9. The number of nitrogens with zero attached hydrogens (tertiary/aromatic N) is 2. The Morgan fingerprint density at radius 2 is 1.84 bits per heavy atom. The SMILES string of the molecule is C[C@@H](OC(=O)Cc1ccc(Cl)cc1)c1nnc(-c2ccc(F)cc2)o1. The van der Waals surface area contributed by atoms with E-state index in [1.165, 1.54) is 24.3 Å². The van der Waals surface area contributed by atoms with Gasteiger partial charge >= 0.3 is 5.97 Å². The van der Waals surface area contributed by atoms with Crippen molar-refractivity contribution in [3.63, 3.8) is 0 Å². The van der Waals surface area contributed by atoms with Crippen LogP contribution in [0.15, 0.2) is 52.9 Å². The zero-order valence-corrected chi connectivity index (χ0v) is 14.0. The molecule has 3 aromatic rings. The van der Waals surface area contributed by atoms with E-state index in [0.717, 1.165) is 5.56 Å². The van der Waals surface area contributed by atoms with Gasteiger partial charge < -0.3 is 9.15 Å². The van der Waals surface area contributed by atoms with Crippen LogP contribution in [0.2, 0.25) is 5.02 Å². The lowest BCUT2D eigenvalue weighted by Crippen LogP contribution is -2.11. The predicted octanol–water partition coefficient (Wildman–Crippen LogP) is 4.38. The molecular formula is C18H14ClFN2O3. The molecule has 128 valence electrons. The minimum atomic E-state index is -0.693. The first-order valence-electron chi connectivity index (χ1n) is 7.54. The van der Waals surface area contributed by atoms with Crippen molar-refractivity contribution >= 4 is 17.6 Å². The van der Waals surface area contributed by atoms with Crippen molar-refractivity contribution < 1.29 is 18.3 Å². The molecule has 3 rings (SSSR count). The van der Waals surface area contributed by atoms with E-state index >= 15 is 0 Å². The molecule has 5 nitrogen and oxygen atoms in total. The summed E-state index contributed by atoms with van der Waals surface area (Å²) >= 11 is 5.81. The summed E-state index contributed by atoms with van der Waals surface area (Å²) in [5.74, 6) is -0.372. The lowest BCUT2D eigenvalue weighted by atomic mass is 10.1. The molecule has 0 aliphatic heterocycles. The average Bonchev–Trinajstić information content (AvgIpc) is 3.08. The third-order valence-corrected chi connectivity index (χ3v) is 3.70. The predicted molar refractivity (Wildman–Crippen MR) is 89.4 cm³/mol. The van der Waals surface area contributed by atoms with Crippen LogP contribution in [0.25, 0.3) is 11.5 Å². The highest BCUT2D eigenvalue weighted by Crippen LogP contribution is 2.23. The van der Waals surface area contributed by atoms with Crippen molar-refractivity contribution in [1.29, 1.82) is 0 Å². The van der Waals surface area contributed by atoms with Gasteiger partial charge in [0.05, 0.1) is 6.42 Å². The second kappa shape index (κ2) is 7.44. The van der Waals surface area contributed by atoms with Gasteiger partial charge in [0.25, 0.3) is 5.89 Å². The number of hydrogen-bond donors (Lipinski definition) is 0. The smallest absolute Gasteiger partial charge is 0.311 e. The van der Waals surface area contributed by atoms with Gasteiger partial charge in [0.2, 0.25) is 5.89 Å². The first kappa shape index (κ1) is 17.1. The van der Waals surface area contributed by atoms with Crippen LogP contribution in [0.1, 0.15) is 24.5 Å². The Labute approximate surface area is 148 Å². The third kappa shape index (κ3) is 4.42. The van der Waals surface area contributed by atoms with E-state index in [4.69, 9.17) is 20.8 Å². The zero-order valence-electron chi connectivity index (χ0n) is 13.3. The minimum Gasteiger partial charge on any atom is -0.452 e. The fourth-order valence-corrected chi connectivity index (χ4v) is 2.29. The Morgan fingerprint density at radius 1 is 1.16 bits per heavy atom. The van der Waals surface area contributed by atoms with Gasteiger partial charge in [-0.25, -0.2) is 4.39 Å². The lowest BCUT2D eigenvalue weighted by molar-refractivity contribution is -0.148. The van der Waals surface area contributed by atoms with Gasteiger partial charge in [0, 0.05) is 10.6 Å². The van der Waals surface area contributed by atoms with Crippen LogP contribution in [0.5, 0.6) is 0 Å². The van der Waals surface area contributed by atoms with Crippen molar-refractivity contribution in [3.05, 3.63) is 70.8 Å². The highest BCUT2D eigenvalue weighted by atomic mass is 35.5. The van der Waals surface area contributed by atoms with Crippen molar-refractivity contribution in [1.82, 2.24) is 10.2 Å². The summed E-state index contributed by atoms with van der Waals surface area (Å²) in [5, 5.41) is 8.38. The van der Waals surface area contributed by atoms with Gasteiger partial charge in [0.1, 0.15) is 5.82 Å². The summed E-state index contributed by atoms with van der Waals surface area (Å²) in [5.41, 5.74) is 1.37. The monoisotopic (exact) mass is 360 g/mol. The fourth-order valence-electron chi connectivity index (χ4n) is 2.17. The number of hydrogen-bond acceptors (Lipinski definition) is 5. The van der Waals surface area contributed by atoms with Crippen molar-refractivity contribution in [2.24, 2.45) is 0 Å². The van der Waals surface area contributed by atoms with Crippen LogP contribution in [-0.4, -0.2) is 16.2 Å². The van der Waals surface area contributed by atoms with Gasteiger partial charge in [-0.3, -0.25) is 4.79 Å². The van der Waals surface area contributed by atoms with Crippen LogP contribution in [0.4, 0.5) is 4.39 Å². The molecule has 0 fully saturated rings. The molecule has 1 heterocycles. The maximum Gasteiger partial charge on any atom is 0.311 e. The highest BCUT2D eigenvalue weighted by molar-refractivity contribution is 6.30. The molecule has 0 unspecified atom stereocenters. The number of aromatic nitrogens is 2. The van der Waals surface area contributed by atoms with E-state index in [2.05, 4.69) is 10.2 Å². The molecule has 0 bridgehead atoms. The Bertz CT molecular complexity index is 863. The van der Waals surface area contributed by atoms with E-state index in [0.29, 0.717) is 10.6 Å². The van der Waals surface area contributed by atoms with Crippen molar-refractivity contribution in [2.75, 3.05) is 0 Å². The molecule has 0 aliphatic carbocycles. The standard InChI is InChI=1S/C18H14ClFN2O3/c1-11(24-16(23)10-12-2-6-14(19)7-3-12)17-21-22-18(25-17)13-4-8-15(20)9-5-13/h2-9,11H,10H2,1H3/t11-/m1/s1. The third-order valence-electron chi connectivity index (χ3n) is 3.45. The Balaban J connectivity index is 1.63. The zero-order chi connectivity index (χ0) is 17.8. The quantitative estimate of drug-likeness (QED) is 0.632. The first-order chi connectivity index (χ1) is 12.0. The fraction of sp³-hybridized carbons (Fsp3) is 0.167. The molecule has 25 heavy (non-hydrogen) atoms. The number of ether oxygens (including phenoxy) is 1. The number of rotatable bonds is 5. The molecular weight excluding hydrogens is 347 g/mol. The van der Waals surface area contributed by atoms with Crippen LogP contribution >= 0.6 is 11.6 Å². The average molecular weight is 361 g/mol. The summed E-state index contributed by atoms with van der Waals surface area (Å²) in [6, 6.07) is 12.6. The number of carbonyl (C=O) groups excluding carboxylic acids is 1. The molecule has 0 radical (unpaired) electrons. The second-order valence-electron chi connectivity index (χ2n) is 5.39. The van der Waals surface area contributed by atoms with Crippen LogP contribution in [0.3, 0.4) is 0 Å². The van der Waals surface area contributed by atoms with E-state index in [1.54, 1.807) is 31.2 Å². The normalized spacial score (nSPS) is 12.0. The largest absolute Gasteiger partial charge is 0.452 e. The Hall–Kier alpha value is -2.73. The van der Waals surface area contributed by atoms with Gasteiger partial charge in [-0.05, 0) is 48.9 Å². The van der Waals surface area contributed by atoms with Gasteiger partial charge in [0.15, 0.2) is 6.10 Å². The molecule has 0 spiro atoms. The molecule has 0 saturated heterocycles. The summed E-state index contributed by atoms with van der Waals surface area (Å²) in [6.07, 6.45) is -0.581. The Kier molecular flexibility index (Phi) is 5.09. The number of benzene rings is 2. The molecule has 1 atom stereocenters. The number of esters is 1. The van der Waals surface area contributed by atoms with Crippen molar-refractivity contribution in [3.8, 4) is 11.5 Å². The van der Waals surface area contributed by atoms with E-state index in [1.807, 2.05) is 0 Å². The summed E-state index contributed by atoms with van der Waals surface area (Å²) in [7, 11) is 0. The maximum absolute atomic E-state index is 12.9. The number of halogens is 2. The summed E-state index contributed by atoms with van der Waals surface area (Å²) in [4.78, 5) is 12.0. The molecule has 1 aromatic heterocycles. The highest BCUT2D eigenvalue weighted by Gasteiger charge is 2.19. The van der Waals surface area contributed by atoms with Gasteiger partial charge in [-0.2, -0.15) is 0 Å². The molecule has 7 heteroatoms. The van der Waals surface area contributed by atoms with Gasteiger partial charge in [-0.1, -0.05) is 23.7 Å². The summed E-state index contributed by atoms with van der Waals surface area (Å²) < 4.78 is 23.8. The van der Waals surface area contributed by atoms with Gasteiger partial charge in [-0.15, -0.1) is 10.2 Å². The second-order valence-corrected chi connectivity index (χ2v) is 5.82. The van der Waals surface area contributed by atoms with Crippen LogP contribution in [-0.2, 0) is 16.0 Å². The molecule has 0 aliphatic rings. The Morgan fingerprint density at radius 3 is 2.52 bits per heavy atom. The van der Waals surface area contributed by atoms with E-state index < -0.39 is 12.1 Å². The molecule has 0 saturated carbocycles. The van der Waals surface area contributed by atoms with Crippen LogP contribution < -0.4 is 0 Å². The summed E-state index contributed by atoms with van der Waals surface area (Å²) in [6.45, 7) is 1.64. The van der Waals surface area contributed by atoms with E-state index in [9.17, 15) is 9.18 Å². The lowest BCUT2D eigenvalue weighted by Gasteiger charge is -2.09. The minimum absolute atomic E-state index is 0.112. The van der Waals surface area contributed by atoms with Crippen LogP contribution in [0, 0.1) is 5.82 Å². The molecule has 0 N–H and O–H groups in total. The molecule has 2 aromatic carbocycles. The van der Waals surface area contributed by atoms with Crippen molar-refractivity contribution in [2.45, 2.75) is 19.4 Å². The number of carbonyl (C=O) groups is 1.